The predicted octanol–water partition coefficient (Wildman–Crippen LogP) is 4.27. The third kappa shape index (κ3) is 3.44. The number of hydrogen-bond acceptors (Lipinski definition) is 6. The first-order valence-electron chi connectivity index (χ1n) is 8.63. The third-order valence-corrected chi connectivity index (χ3v) is 4.08. The summed E-state index contributed by atoms with van der Waals surface area (Å²) in [6.45, 7) is 8.00. The van der Waals surface area contributed by atoms with Crippen molar-refractivity contribution in [3.8, 4) is 28.6 Å². The molecule has 0 amide bonds. The summed E-state index contributed by atoms with van der Waals surface area (Å²) in [6.07, 6.45) is 1.84. The van der Waals surface area contributed by atoms with Crippen LogP contribution in [0.5, 0.6) is 5.75 Å². The Morgan fingerprint density at radius 3 is 2.85 bits per heavy atom. The van der Waals surface area contributed by atoms with Gasteiger partial charge in [-0.2, -0.15) is 10.1 Å². The van der Waals surface area contributed by atoms with Crippen molar-refractivity contribution in [3.63, 3.8) is 0 Å². The molecule has 0 atom stereocenters. The van der Waals surface area contributed by atoms with Crippen molar-refractivity contribution in [2.75, 3.05) is 0 Å². The molecule has 0 spiro atoms. The van der Waals surface area contributed by atoms with E-state index in [4.69, 9.17) is 9.26 Å². The molecule has 4 rings (SSSR count). The van der Waals surface area contributed by atoms with Gasteiger partial charge in [-0.15, -0.1) is 0 Å². The molecule has 136 valence electrons. The largest absolute Gasteiger partial charge is 0.491 e. The lowest BCUT2D eigenvalue weighted by molar-refractivity contribution is 0.240. The second-order valence-corrected chi connectivity index (χ2v) is 6.47. The van der Waals surface area contributed by atoms with E-state index in [1.54, 1.807) is 6.20 Å². The van der Waals surface area contributed by atoms with Crippen LogP contribution in [-0.2, 0) is 6.54 Å². The Morgan fingerprint density at radius 1 is 1.19 bits per heavy atom. The monoisotopic (exact) mass is 361 g/mol. The van der Waals surface area contributed by atoms with Gasteiger partial charge in [-0.1, -0.05) is 5.16 Å². The molecule has 4 aromatic rings. The number of fused-ring (bicyclic) bond motifs is 1. The van der Waals surface area contributed by atoms with Crippen molar-refractivity contribution in [1.82, 2.24) is 20.3 Å². The van der Waals surface area contributed by atoms with E-state index in [0.717, 1.165) is 33.3 Å². The fourth-order valence-corrected chi connectivity index (χ4v) is 2.87. The Balaban J connectivity index is 1.67. The number of hydrogen-bond donors (Lipinski definition) is 1. The molecule has 0 unspecified atom stereocenters. The zero-order chi connectivity index (χ0) is 18.8. The zero-order valence-electron chi connectivity index (χ0n) is 15.1. The van der Waals surface area contributed by atoms with E-state index in [1.807, 2.05) is 50.2 Å². The highest BCUT2D eigenvalue weighted by molar-refractivity contribution is 5.82. The minimum absolute atomic E-state index is 0.0762. The summed E-state index contributed by atoms with van der Waals surface area (Å²) in [7, 11) is 0. The van der Waals surface area contributed by atoms with Crippen LogP contribution in [0.1, 0.15) is 19.4 Å². The number of nitrogens with zero attached hydrogens (tertiary/aromatic N) is 4. The van der Waals surface area contributed by atoms with Gasteiger partial charge in [0, 0.05) is 22.1 Å². The van der Waals surface area contributed by atoms with Gasteiger partial charge in [0.1, 0.15) is 5.75 Å². The van der Waals surface area contributed by atoms with Gasteiger partial charge in [0.15, 0.2) is 0 Å². The molecular formula is C20H19N5O2. The standard InChI is InChI=1S/C20H19N5O2/c1-12(2)26-18-7-5-14(9-16(18)10-21-3)20-23-19(25-27-20)13-4-6-17-15(8-13)11-22-24-17/h4-9,11-12H,3,10H2,1-2H3,(H,22,24). The molecular weight excluding hydrogens is 342 g/mol. The summed E-state index contributed by atoms with van der Waals surface area (Å²) in [5, 5.41) is 12.1. The minimum atomic E-state index is 0.0762. The molecule has 7 nitrogen and oxygen atoms in total. The van der Waals surface area contributed by atoms with Crippen molar-refractivity contribution in [2.45, 2.75) is 26.5 Å². The van der Waals surface area contributed by atoms with E-state index in [2.05, 4.69) is 32.0 Å². The van der Waals surface area contributed by atoms with Crippen LogP contribution in [0.25, 0.3) is 33.7 Å². The number of aromatic nitrogens is 4. The lowest BCUT2D eigenvalue weighted by atomic mass is 10.1. The van der Waals surface area contributed by atoms with Crippen molar-refractivity contribution in [3.05, 3.63) is 48.2 Å². The van der Waals surface area contributed by atoms with Crippen LogP contribution in [0, 0.1) is 0 Å². The van der Waals surface area contributed by atoms with Gasteiger partial charge in [0.25, 0.3) is 5.89 Å². The molecule has 0 aliphatic rings. The lowest BCUT2D eigenvalue weighted by Crippen LogP contribution is -2.07. The number of H-pyrrole nitrogens is 1. The zero-order valence-corrected chi connectivity index (χ0v) is 15.1. The van der Waals surface area contributed by atoms with Crippen LogP contribution >= 0.6 is 0 Å². The van der Waals surface area contributed by atoms with Crippen LogP contribution in [0.15, 0.2) is 52.1 Å². The Kier molecular flexibility index (Phi) is 4.42. The fraction of sp³-hybridized carbons (Fsp3) is 0.200. The van der Waals surface area contributed by atoms with Gasteiger partial charge in [0.2, 0.25) is 5.82 Å². The molecule has 0 bridgehead atoms. The highest BCUT2D eigenvalue weighted by Crippen LogP contribution is 2.29. The maximum absolute atomic E-state index is 5.83. The van der Waals surface area contributed by atoms with Crippen LogP contribution < -0.4 is 4.74 Å². The van der Waals surface area contributed by atoms with Crippen molar-refractivity contribution < 1.29 is 9.26 Å². The van der Waals surface area contributed by atoms with Crippen molar-refractivity contribution in [1.29, 1.82) is 0 Å². The lowest BCUT2D eigenvalue weighted by Gasteiger charge is -2.13. The molecule has 1 N–H and O–H groups in total. The topological polar surface area (TPSA) is 89.2 Å². The molecule has 0 fully saturated rings. The molecule has 7 heteroatoms. The van der Waals surface area contributed by atoms with E-state index >= 15 is 0 Å². The normalized spacial score (nSPS) is 11.2. The second-order valence-electron chi connectivity index (χ2n) is 6.47. The first-order valence-corrected chi connectivity index (χ1v) is 8.63. The maximum Gasteiger partial charge on any atom is 0.258 e. The van der Waals surface area contributed by atoms with Crippen LogP contribution in [-0.4, -0.2) is 33.2 Å². The molecule has 2 aromatic heterocycles. The van der Waals surface area contributed by atoms with Crippen LogP contribution in [0.2, 0.25) is 0 Å². The number of aliphatic imine (C=N–C) groups is 1. The molecule has 2 heterocycles. The average molecular weight is 361 g/mol. The predicted molar refractivity (Wildman–Crippen MR) is 104 cm³/mol. The maximum atomic E-state index is 5.83. The SMILES string of the molecule is C=NCc1cc(-c2nc(-c3ccc4[nH]ncc4c3)no2)ccc1OC(C)C. The molecule has 0 saturated carbocycles. The summed E-state index contributed by atoms with van der Waals surface area (Å²) in [5.41, 5.74) is 3.57. The van der Waals surface area contributed by atoms with Crippen LogP contribution in [0.3, 0.4) is 0 Å². The number of nitrogens with one attached hydrogen (secondary N) is 1. The number of benzene rings is 2. The quantitative estimate of drug-likeness (QED) is 0.518. The number of aromatic amines is 1. The van der Waals surface area contributed by atoms with Crippen LogP contribution in [0.4, 0.5) is 0 Å². The molecule has 0 aliphatic carbocycles. The number of ether oxygens (including phenoxy) is 1. The van der Waals surface area contributed by atoms with E-state index in [-0.39, 0.29) is 6.10 Å². The van der Waals surface area contributed by atoms with Crippen molar-refractivity contribution in [2.24, 2.45) is 4.99 Å². The van der Waals surface area contributed by atoms with Gasteiger partial charge < -0.3 is 9.26 Å². The van der Waals surface area contributed by atoms with Crippen molar-refractivity contribution >= 4 is 17.6 Å². The van der Waals surface area contributed by atoms with Gasteiger partial charge >= 0.3 is 0 Å². The van der Waals surface area contributed by atoms with Gasteiger partial charge in [-0.25, -0.2) is 0 Å². The smallest absolute Gasteiger partial charge is 0.258 e. The second kappa shape index (κ2) is 7.03. The van der Waals surface area contributed by atoms with Gasteiger partial charge in [-0.3, -0.25) is 10.1 Å². The minimum Gasteiger partial charge on any atom is -0.491 e. The van der Waals surface area contributed by atoms with E-state index in [1.165, 1.54) is 0 Å². The summed E-state index contributed by atoms with van der Waals surface area (Å²) in [6, 6.07) is 11.6. The molecule has 0 radical (unpaired) electrons. The molecule has 27 heavy (non-hydrogen) atoms. The van der Waals surface area contributed by atoms with E-state index in [9.17, 15) is 0 Å². The highest BCUT2D eigenvalue weighted by Gasteiger charge is 2.14. The Hall–Kier alpha value is -3.48. The summed E-state index contributed by atoms with van der Waals surface area (Å²) >= 11 is 0. The average Bonchev–Trinajstić information content (AvgIpc) is 3.31. The van der Waals surface area contributed by atoms with E-state index < -0.39 is 0 Å². The first kappa shape index (κ1) is 17.0. The molecule has 0 aliphatic heterocycles. The molecule has 0 saturated heterocycles. The Labute approximate surface area is 156 Å². The van der Waals surface area contributed by atoms with Gasteiger partial charge in [-0.05, 0) is 57.0 Å². The molecule has 2 aromatic carbocycles. The van der Waals surface area contributed by atoms with E-state index in [0.29, 0.717) is 18.3 Å². The summed E-state index contributed by atoms with van der Waals surface area (Å²) < 4.78 is 11.3. The summed E-state index contributed by atoms with van der Waals surface area (Å²) in [5.74, 6) is 1.75. The Bertz CT molecular complexity index is 1100. The van der Waals surface area contributed by atoms with Gasteiger partial charge in [0.05, 0.1) is 24.4 Å². The highest BCUT2D eigenvalue weighted by atomic mass is 16.5. The Morgan fingerprint density at radius 2 is 2.04 bits per heavy atom. The third-order valence-electron chi connectivity index (χ3n) is 4.08. The number of rotatable bonds is 6. The fourth-order valence-electron chi connectivity index (χ4n) is 2.87. The first-order chi connectivity index (χ1) is 13.1. The summed E-state index contributed by atoms with van der Waals surface area (Å²) in [4.78, 5) is 8.52.